The first kappa shape index (κ1) is 31.7. The molecular formula is C33H39N3O7. The van der Waals surface area contributed by atoms with Crippen LogP contribution in [0.25, 0.3) is 21.8 Å². The first-order chi connectivity index (χ1) is 20.9. The summed E-state index contributed by atoms with van der Waals surface area (Å²) in [6.45, 7) is -0.375. The van der Waals surface area contributed by atoms with Gasteiger partial charge in [0.2, 0.25) is 0 Å². The molecule has 0 aliphatic rings. The Morgan fingerprint density at radius 2 is 1.53 bits per heavy atom. The summed E-state index contributed by atoms with van der Waals surface area (Å²) in [5.41, 5.74) is 3.16. The fourth-order valence-electron chi connectivity index (χ4n) is 4.99. The summed E-state index contributed by atoms with van der Waals surface area (Å²) >= 11 is 0. The van der Waals surface area contributed by atoms with Gasteiger partial charge in [-0.25, -0.2) is 14.6 Å². The second-order valence-corrected chi connectivity index (χ2v) is 10.5. The maximum Gasteiger partial charge on any atom is 0.336 e. The molecule has 4 N–H and O–H groups in total. The third-order valence-corrected chi connectivity index (χ3v) is 7.21. The molecule has 0 saturated heterocycles. The van der Waals surface area contributed by atoms with Crippen molar-refractivity contribution in [3.8, 4) is 0 Å². The first-order valence-corrected chi connectivity index (χ1v) is 14.8. The van der Waals surface area contributed by atoms with Crippen LogP contribution in [0, 0.1) is 0 Å². The van der Waals surface area contributed by atoms with E-state index in [4.69, 9.17) is 14.6 Å². The summed E-state index contributed by atoms with van der Waals surface area (Å²) in [5.74, 6) is -2.52. The van der Waals surface area contributed by atoms with E-state index in [0.29, 0.717) is 19.4 Å². The minimum atomic E-state index is -1.74. The molecule has 3 aromatic carbocycles. The Bertz CT molecular complexity index is 1470. The lowest BCUT2D eigenvalue weighted by atomic mass is 10.0. The number of aromatic amines is 1. The van der Waals surface area contributed by atoms with Gasteiger partial charge in [-0.05, 0) is 60.6 Å². The molecule has 0 spiro atoms. The Hall–Kier alpha value is -4.28. The number of nitrogens with one attached hydrogen (secondary N) is 2. The van der Waals surface area contributed by atoms with Crippen molar-refractivity contribution in [2.75, 3.05) is 19.8 Å². The summed E-state index contributed by atoms with van der Waals surface area (Å²) in [4.78, 5) is 43.7. The molecule has 0 bridgehead atoms. The van der Waals surface area contributed by atoms with Crippen LogP contribution < -0.4 is 5.32 Å². The summed E-state index contributed by atoms with van der Waals surface area (Å²) in [5, 5.41) is 23.8. The van der Waals surface area contributed by atoms with Crippen LogP contribution in [-0.2, 0) is 36.7 Å². The number of carbonyl (C=O) groups excluding carboxylic acids is 1. The lowest BCUT2D eigenvalue weighted by Gasteiger charge is -2.23. The Labute approximate surface area is 250 Å². The zero-order valence-corrected chi connectivity index (χ0v) is 24.2. The number of aromatic nitrogens is 2. The molecule has 0 aliphatic carbocycles. The molecule has 4 rings (SSSR count). The van der Waals surface area contributed by atoms with Gasteiger partial charge in [-0.2, -0.15) is 0 Å². The van der Waals surface area contributed by atoms with Gasteiger partial charge in [0, 0.05) is 19.6 Å². The topological polar surface area (TPSA) is 151 Å². The number of rotatable bonds is 19. The molecule has 2 atom stereocenters. The Balaban J connectivity index is 1.20. The molecule has 0 radical (unpaired) electrons. The molecule has 2 unspecified atom stereocenters. The van der Waals surface area contributed by atoms with Crippen LogP contribution in [0.2, 0.25) is 0 Å². The zero-order chi connectivity index (χ0) is 30.4. The van der Waals surface area contributed by atoms with Gasteiger partial charge in [-0.1, -0.05) is 67.4 Å². The summed E-state index contributed by atoms with van der Waals surface area (Å²) < 4.78 is 10.7. The monoisotopic (exact) mass is 589 g/mol. The van der Waals surface area contributed by atoms with E-state index in [9.17, 15) is 19.5 Å². The van der Waals surface area contributed by atoms with E-state index in [0.717, 1.165) is 55.4 Å². The average Bonchev–Trinajstić information content (AvgIpc) is 3.42. The maximum atomic E-state index is 13.0. The number of imidazole rings is 1. The predicted octanol–water partition coefficient (Wildman–Crippen LogP) is 4.90. The Morgan fingerprint density at radius 1 is 0.791 bits per heavy atom. The second kappa shape index (κ2) is 16.4. The molecule has 228 valence electrons. The van der Waals surface area contributed by atoms with Crippen LogP contribution in [-0.4, -0.2) is 70.0 Å². The number of carboxylic acids is 2. The number of amides is 1. The van der Waals surface area contributed by atoms with Crippen LogP contribution >= 0.6 is 0 Å². The van der Waals surface area contributed by atoms with Gasteiger partial charge in [0.15, 0.2) is 12.2 Å². The number of hydrogen-bond acceptors (Lipinski definition) is 6. The highest BCUT2D eigenvalue weighted by Crippen LogP contribution is 2.17. The third-order valence-electron chi connectivity index (χ3n) is 7.21. The van der Waals surface area contributed by atoms with Crippen molar-refractivity contribution in [3.05, 3.63) is 78.1 Å². The highest BCUT2D eigenvalue weighted by Gasteiger charge is 2.36. The number of unbranched alkanes of at least 4 members (excludes halogenated alkanes) is 4. The minimum absolute atomic E-state index is 0.129. The number of para-hydroxylation sites is 2. The van der Waals surface area contributed by atoms with E-state index in [2.05, 4.69) is 45.6 Å². The quantitative estimate of drug-likeness (QED) is 0.113. The third kappa shape index (κ3) is 9.90. The zero-order valence-electron chi connectivity index (χ0n) is 24.2. The number of aliphatic carboxylic acids is 2. The van der Waals surface area contributed by atoms with E-state index >= 15 is 0 Å². The molecule has 1 amide bonds. The van der Waals surface area contributed by atoms with Crippen molar-refractivity contribution in [1.29, 1.82) is 0 Å². The van der Waals surface area contributed by atoms with E-state index in [1.807, 2.05) is 36.4 Å². The van der Waals surface area contributed by atoms with Gasteiger partial charge in [-0.15, -0.1) is 0 Å². The lowest BCUT2D eigenvalue weighted by Crippen LogP contribution is -2.49. The smallest absolute Gasteiger partial charge is 0.336 e. The van der Waals surface area contributed by atoms with E-state index in [-0.39, 0.29) is 6.61 Å². The molecule has 10 nitrogen and oxygen atoms in total. The van der Waals surface area contributed by atoms with Crippen molar-refractivity contribution in [3.63, 3.8) is 0 Å². The van der Waals surface area contributed by atoms with Gasteiger partial charge in [0.1, 0.15) is 12.4 Å². The van der Waals surface area contributed by atoms with Gasteiger partial charge in [-0.3, -0.25) is 4.79 Å². The SMILES string of the molecule is O=C(O)COC(C(=O)O)C(OCCCCCc1nc2ccccc2[nH]1)C(=O)NCCCCCc1ccc2ccccc2c1. The van der Waals surface area contributed by atoms with Gasteiger partial charge < -0.3 is 30.0 Å². The number of hydrogen-bond donors (Lipinski definition) is 4. The van der Waals surface area contributed by atoms with Crippen LogP contribution in [0.15, 0.2) is 66.7 Å². The highest BCUT2D eigenvalue weighted by atomic mass is 16.6. The molecule has 1 aromatic heterocycles. The number of fused-ring (bicyclic) bond motifs is 2. The van der Waals surface area contributed by atoms with Crippen molar-refractivity contribution in [1.82, 2.24) is 15.3 Å². The lowest BCUT2D eigenvalue weighted by molar-refractivity contribution is -0.172. The van der Waals surface area contributed by atoms with E-state index < -0.39 is 36.7 Å². The van der Waals surface area contributed by atoms with Crippen LogP contribution in [0.5, 0.6) is 0 Å². The fourth-order valence-corrected chi connectivity index (χ4v) is 4.99. The van der Waals surface area contributed by atoms with Crippen molar-refractivity contribution >= 4 is 39.7 Å². The minimum Gasteiger partial charge on any atom is -0.480 e. The molecule has 43 heavy (non-hydrogen) atoms. The molecule has 4 aromatic rings. The molecule has 1 heterocycles. The highest BCUT2D eigenvalue weighted by molar-refractivity contribution is 5.88. The average molecular weight is 590 g/mol. The molecule has 0 aliphatic heterocycles. The molecule has 0 saturated carbocycles. The van der Waals surface area contributed by atoms with Crippen molar-refractivity contribution in [2.45, 2.75) is 63.6 Å². The van der Waals surface area contributed by atoms with Crippen molar-refractivity contribution < 1.29 is 34.1 Å². The normalized spacial score (nSPS) is 12.7. The first-order valence-electron chi connectivity index (χ1n) is 14.8. The number of aryl methyl sites for hydroxylation is 2. The Kier molecular flexibility index (Phi) is 12.1. The number of H-pyrrole nitrogens is 1. The predicted molar refractivity (Wildman–Crippen MR) is 163 cm³/mol. The fraction of sp³-hybridized carbons (Fsp3) is 0.394. The van der Waals surface area contributed by atoms with Crippen LogP contribution in [0.3, 0.4) is 0 Å². The number of ether oxygens (including phenoxy) is 2. The maximum absolute atomic E-state index is 13.0. The number of benzene rings is 3. The van der Waals surface area contributed by atoms with Gasteiger partial charge in [0.05, 0.1) is 11.0 Å². The summed E-state index contributed by atoms with van der Waals surface area (Å²) in [7, 11) is 0. The van der Waals surface area contributed by atoms with E-state index in [1.165, 1.54) is 16.3 Å². The number of carbonyl (C=O) groups is 3. The number of nitrogens with zero attached hydrogens (tertiary/aromatic N) is 1. The largest absolute Gasteiger partial charge is 0.480 e. The molecule has 10 heteroatoms. The summed E-state index contributed by atoms with van der Waals surface area (Å²) in [6, 6.07) is 22.5. The number of carboxylic acid groups (broad SMARTS) is 2. The summed E-state index contributed by atoms with van der Waals surface area (Å²) in [6.07, 6.45) is 3.19. The van der Waals surface area contributed by atoms with Gasteiger partial charge in [0.25, 0.3) is 5.91 Å². The van der Waals surface area contributed by atoms with Gasteiger partial charge >= 0.3 is 11.9 Å². The Morgan fingerprint density at radius 3 is 2.33 bits per heavy atom. The van der Waals surface area contributed by atoms with Crippen LogP contribution in [0.1, 0.15) is 49.9 Å². The van der Waals surface area contributed by atoms with Crippen LogP contribution in [0.4, 0.5) is 0 Å². The standard InChI is InChI=1S/C33H39N3O7/c37-29(38)22-43-31(33(40)41)30(42-20-10-2-4-16-28-35-26-14-7-8-15-27(26)36-28)32(39)34-19-9-1-3-11-23-17-18-24-12-5-6-13-25(24)21-23/h5-8,12-15,17-18,21,30-31H,1-4,9-11,16,19-20,22H2,(H,34,39)(H,35,36)(H,37,38)(H,40,41). The van der Waals surface area contributed by atoms with Crippen molar-refractivity contribution in [2.24, 2.45) is 0 Å². The van der Waals surface area contributed by atoms with E-state index in [1.54, 1.807) is 0 Å². The molecule has 0 fully saturated rings. The second-order valence-electron chi connectivity index (χ2n) is 10.5. The molecular weight excluding hydrogens is 550 g/mol.